The standard InChI is InChI=1S/C14H26N4O/c1-4-12-6-13(18(5-2)16-12)9-17-8-11(3)19-14(7-15)10-17/h6,11,14H,4-5,7-10,15H2,1-3H3. The highest BCUT2D eigenvalue weighted by Gasteiger charge is 2.25. The van der Waals surface area contributed by atoms with Gasteiger partial charge in [0.2, 0.25) is 0 Å². The molecule has 5 nitrogen and oxygen atoms in total. The van der Waals surface area contributed by atoms with E-state index in [1.165, 1.54) is 11.4 Å². The number of nitrogens with zero attached hydrogens (tertiary/aromatic N) is 3. The van der Waals surface area contributed by atoms with Gasteiger partial charge >= 0.3 is 0 Å². The van der Waals surface area contributed by atoms with Crippen LogP contribution in [0.3, 0.4) is 0 Å². The molecule has 0 aliphatic carbocycles. The monoisotopic (exact) mass is 266 g/mol. The zero-order chi connectivity index (χ0) is 13.8. The van der Waals surface area contributed by atoms with Crippen LogP contribution in [0.4, 0.5) is 0 Å². The molecule has 2 N–H and O–H groups in total. The summed E-state index contributed by atoms with van der Waals surface area (Å²) in [6.45, 7) is 10.7. The van der Waals surface area contributed by atoms with E-state index in [0.717, 1.165) is 32.6 Å². The van der Waals surface area contributed by atoms with Gasteiger partial charge in [0.1, 0.15) is 0 Å². The lowest BCUT2D eigenvalue weighted by atomic mass is 10.2. The molecule has 1 aliphatic heterocycles. The van der Waals surface area contributed by atoms with Crippen molar-refractivity contribution in [1.29, 1.82) is 0 Å². The van der Waals surface area contributed by atoms with E-state index in [-0.39, 0.29) is 12.2 Å². The zero-order valence-electron chi connectivity index (χ0n) is 12.3. The zero-order valence-corrected chi connectivity index (χ0v) is 12.3. The molecule has 1 fully saturated rings. The van der Waals surface area contributed by atoms with Crippen molar-refractivity contribution in [3.8, 4) is 0 Å². The molecular weight excluding hydrogens is 240 g/mol. The Bertz CT molecular complexity index is 404. The fourth-order valence-corrected chi connectivity index (χ4v) is 2.72. The van der Waals surface area contributed by atoms with Crippen molar-refractivity contribution < 1.29 is 4.74 Å². The molecule has 2 heterocycles. The van der Waals surface area contributed by atoms with Gasteiger partial charge in [-0.05, 0) is 26.3 Å². The van der Waals surface area contributed by atoms with Crippen molar-refractivity contribution in [2.24, 2.45) is 5.73 Å². The third kappa shape index (κ3) is 3.55. The first-order valence-electron chi connectivity index (χ1n) is 7.29. The van der Waals surface area contributed by atoms with Gasteiger partial charge in [-0.1, -0.05) is 6.92 Å². The van der Waals surface area contributed by atoms with Gasteiger partial charge in [-0.25, -0.2) is 0 Å². The smallest absolute Gasteiger partial charge is 0.0828 e. The fourth-order valence-electron chi connectivity index (χ4n) is 2.72. The van der Waals surface area contributed by atoms with E-state index in [1.807, 2.05) is 0 Å². The molecule has 1 saturated heterocycles. The lowest BCUT2D eigenvalue weighted by molar-refractivity contribution is -0.0750. The summed E-state index contributed by atoms with van der Waals surface area (Å²) in [7, 11) is 0. The summed E-state index contributed by atoms with van der Waals surface area (Å²) < 4.78 is 7.90. The van der Waals surface area contributed by atoms with Crippen molar-refractivity contribution in [2.75, 3.05) is 19.6 Å². The van der Waals surface area contributed by atoms with Crippen LogP contribution in [0.25, 0.3) is 0 Å². The number of aryl methyl sites for hydroxylation is 2. The van der Waals surface area contributed by atoms with E-state index >= 15 is 0 Å². The number of ether oxygens (including phenoxy) is 1. The quantitative estimate of drug-likeness (QED) is 0.864. The summed E-state index contributed by atoms with van der Waals surface area (Å²) in [5.41, 5.74) is 8.20. The molecule has 0 aromatic carbocycles. The molecule has 2 rings (SSSR count). The molecule has 5 heteroatoms. The molecule has 2 atom stereocenters. The van der Waals surface area contributed by atoms with E-state index < -0.39 is 0 Å². The molecule has 0 saturated carbocycles. The van der Waals surface area contributed by atoms with Gasteiger partial charge in [-0.15, -0.1) is 0 Å². The number of aromatic nitrogens is 2. The van der Waals surface area contributed by atoms with E-state index in [1.54, 1.807) is 0 Å². The fraction of sp³-hybridized carbons (Fsp3) is 0.786. The lowest BCUT2D eigenvalue weighted by Gasteiger charge is -2.36. The van der Waals surface area contributed by atoms with Crippen molar-refractivity contribution in [1.82, 2.24) is 14.7 Å². The first-order valence-corrected chi connectivity index (χ1v) is 7.29. The maximum Gasteiger partial charge on any atom is 0.0828 e. The third-order valence-electron chi connectivity index (χ3n) is 3.63. The summed E-state index contributed by atoms with van der Waals surface area (Å²) >= 11 is 0. The molecule has 1 aliphatic rings. The number of rotatable bonds is 5. The Morgan fingerprint density at radius 3 is 2.84 bits per heavy atom. The average molecular weight is 266 g/mol. The van der Waals surface area contributed by atoms with Crippen molar-refractivity contribution in [3.63, 3.8) is 0 Å². The minimum atomic E-state index is 0.160. The second-order valence-electron chi connectivity index (χ2n) is 5.29. The molecule has 19 heavy (non-hydrogen) atoms. The molecule has 1 aromatic heterocycles. The highest BCUT2D eigenvalue weighted by atomic mass is 16.5. The van der Waals surface area contributed by atoms with Crippen molar-refractivity contribution in [3.05, 3.63) is 17.5 Å². The van der Waals surface area contributed by atoms with E-state index in [9.17, 15) is 0 Å². The van der Waals surface area contributed by atoms with Crippen LogP contribution < -0.4 is 5.73 Å². The average Bonchev–Trinajstić information content (AvgIpc) is 2.80. The summed E-state index contributed by atoms with van der Waals surface area (Å²) in [6.07, 6.45) is 1.41. The highest BCUT2D eigenvalue weighted by molar-refractivity contribution is 5.10. The number of hydrogen-bond acceptors (Lipinski definition) is 4. The minimum Gasteiger partial charge on any atom is -0.371 e. The van der Waals surface area contributed by atoms with Gasteiger partial charge < -0.3 is 10.5 Å². The van der Waals surface area contributed by atoms with Crippen molar-refractivity contribution in [2.45, 2.75) is 52.5 Å². The maximum absolute atomic E-state index is 5.80. The van der Waals surface area contributed by atoms with Crippen LogP contribution in [-0.2, 0) is 24.2 Å². The number of nitrogens with two attached hydrogens (primary N) is 1. The molecule has 108 valence electrons. The van der Waals surface area contributed by atoms with Crippen LogP contribution in [0.1, 0.15) is 32.2 Å². The van der Waals surface area contributed by atoms with Crippen molar-refractivity contribution >= 4 is 0 Å². The molecule has 1 aromatic rings. The molecule has 2 unspecified atom stereocenters. The second kappa shape index (κ2) is 6.50. The van der Waals surface area contributed by atoms with Crippen LogP contribution in [0, 0.1) is 0 Å². The SMILES string of the molecule is CCc1cc(CN2CC(C)OC(CN)C2)n(CC)n1. The Kier molecular flexibility index (Phi) is 4.96. The van der Waals surface area contributed by atoms with Gasteiger partial charge in [-0.3, -0.25) is 9.58 Å². The molecule has 0 amide bonds. The third-order valence-corrected chi connectivity index (χ3v) is 3.63. The normalized spacial score (nSPS) is 24.8. The first-order chi connectivity index (χ1) is 9.16. The Morgan fingerprint density at radius 2 is 2.21 bits per heavy atom. The molecule has 0 bridgehead atoms. The van der Waals surface area contributed by atoms with Crippen LogP contribution in [0.15, 0.2) is 6.07 Å². The molecule has 0 spiro atoms. The van der Waals surface area contributed by atoms with E-state index in [4.69, 9.17) is 10.5 Å². The predicted molar refractivity (Wildman–Crippen MR) is 75.9 cm³/mol. The minimum absolute atomic E-state index is 0.160. The summed E-state index contributed by atoms with van der Waals surface area (Å²) in [6, 6.07) is 2.22. The van der Waals surface area contributed by atoms with Crippen LogP contribution in [0.2, 0.25) is 0 Å². The van der Waals surface area contributed by atoms with Gasteiger partial charge in [0, 0.05) is 32.7 Å². The van der Waals surface area contributed by atoms with Crippen LogP contribution in [-0.4, -0.2) is 46.5 Å². The predicted octanol–water partition coefficient (Wildman–Crippen LogP) is 1.01. The first kappa shape index (κ1) is 14.5. The second-order valence-corrected chi connectivity index (χ2v) is 5.29. The van der Waals surface area contributed by atoms with E-state index in [2.05, 4.69) is 41.5 Å². The summed E-state index contributed by atoms with van der Waals surface area (Å²) in [5, 5.41) is 4.60. The largest absolute Gasteiger partial charge is 0.371 e. The Labute approximate surface area is 115 Å². The number of morpholine rings is 1. The van der Waals surface area contributed by atoms with Gasteiger partial charge in [0.15, 0.2) is 0 Å². The maximum atomic E-state index is 5.80. The van der Waals surface area contributed by atoms with Crippen LogP contribution in [0.5, 0.6) is 0 Å². The highest BCUT2D eigenvalue weighted by Crippen LogP contribution is 2.15. The Balaban J connectivity index is 2.05. The lowest BCUT2D eigenvalue weighted by Crippen LogP contribution is -2.48. The molecule has 0 radical (unpaired) electrons. The van der Waals surface area contributed by atoms with E-state index in [0.29, 0.717) is 6.54 Å². The van der Waals surface area contributed by atoms with Gasteiger partial charge in [0.05, 0.1) is 23.6 Å². The number of hydrogen-bond donors (Lipinski definition) is 1. The van der Waals surface area contributed by atoms with Gasteiger partial charge in [0.25, 0.3) is 0 Å². The Hall–Kier alpha value is -0.910. The molecular formula is C14H26N4O. The van der Waals surface area contributed by atoms with Gasteiger partial charge in [-0.2, -0.15) is 5.10 Å². The summed E-state index contributed by atoms with van der Waals surface area (Å²) in [5.74, 6) is 0. The van der Waals surface area contributed by atoms with Crippen LogP contribution >= 0.6 is 0 Å². The topological polar surface area (TPSA) is 56.3 Å². The Morgan fingerprint density at radius 1 is 1.42 bits per heavy atom. The summed E-state index contributed by atoms with van der Waals surface area (Å²) in [4.78, 5) is 2.42.